The number of carbonyl (C=O) groups is 2. The summed E-state index contributed by atoms with van der Waals surface area (Å²) in [5.74, 6) is -0.629. The van der Waals surface area contributed by atoms with Gasteiger partial charge in [0.2, 0.25) is 5.91 Å². The Morgan fingerprint density at radius 3 is 2.37 bits per heavy atom. The number of hydrogen-bond donors (Lipinski definition) is 1. The van der Waals surface area contributed by atoms with Crippen molar-refractivity contribution in [1.82, 2.24) is 15.2 Å². The molecular weight excluding hydrogens is 366 g/mol. The van der Waals surface area contributed by atoms with E-state index in [1.807, 2.05) is 12.1 Å². The second-order valence-corrected chi connectivity index (χ2v) is 8.89. The number of pyridine rings is 1. The van der Waals surface area contributed by atoms with Crippen molar-refractivity contribution >= 4 is 21.7 Å². The van der Waals surface area contributed by atoms with Crippen molar-refractivity contribution in [1.29, 1.82) is 0 Å². The van der Waals surface area contributed by atoms with Gasteiger partial charge in [-0.2, -0.15) is 0 Å². The summed E-state index contributed by atoms with van der Waals surface area (Å²) < 4.78 is 23.4. The quantitative estimate of drug-likeness (QED) is 0.855. The Morgan fingerprint density at radius 1 is 1.15 bits per heavy atom. The average Bonchev–Trinajstić information content (AvgIpc) is 3.03. The Hall–Kier alpha value is -2.74. The zero-order valence-corrected chi connectivity index (χ0v) is 16.2. The molecule has 3 rings (SSSR count). The van der Waals surface area contributed by atoms with Gasteiger partial charge >= 0.3 is 0 Å². The fourth-order valence-corrected chi connectivity index (χ4v) is 3.93. The molecule has 2 aromatic rings. The Balaban J connectivity index is 1.95. The maximum atomic E-state index is 13.3. The number of carbonyl (C=O) groups excluding carboxylic acids is 2. The number of nitrogens with one attached hydrogen (secondary N) is 1. The van der Waals surface area contributed by atoms with E-state index in [-0.39, 0.29) is 16.7 Å². The summed E-state index contributed by atoms with van der Waals surface area (Å²) in [6.07, 6.45) is 2.80. The molecule has 2 amide bonds. The van der Waals surface area contributed by atoms with Crippen molar-refractivity contribution < 1.29 is 18.0 Å². The number of sulfone groups is 1. The van der Waals surface area contributed by atoms with Crippen molar-refractivity contribution in [3.05, 3.63) is 59.4 Å². The lowest BCUT2D eigenvalue weighted by molar-refractivity contribution is -0.141. The molecule has 1 N–H and O–H groups in total. The Kier molecular flexibility index (Phi) is 4.77. The van der Waals surface area contributed by atoms with Crippen molar-refractivity contribution in [2.75, 3.05) is 6.26 Å². The van der Waals surface area contributed by atoms with E-state index in [2.05, 4.69) is 10.3 Å². The minimum absolute atomic E-state index is 0.154. The summed E-state index contributed by atoms with van der Waals surface area (Å²) in [5.41, 5.74) is 1.01. The third-order valence-electron chi connectivity index (χ3n) is 4.69. The maximum Gasteiger partial charge on any atom is 0.253 e. The highest BCUT2D eigenvalue weighted by Gasteiger charge is 2.41. The van der Waals surface area contributed by atoms with Gasteiger partial charge in [-0.3, -0.25) is 14.6 Å². The van der Waals surface area contributed by atoms with Gasteiger partial charge in [0.25, 0.3) is 5.91 Å². The van der Waals surface area contributed by atoms with Crippen molar-refractivity contribution in [2.24, 2.45) is 0 Å². The summed E-state index contributed by atoms with van der Waals surface area (Å²) in [7, 11) is -3.35. The van der Waals surface area contributed by atoms with Crippen LogP contribution in [-0.2, 0) is 38.1 Å². The van der Waals surface area contributed by atoms with E-state index in [1.54, 1.807) is 30.2 Å². The van der Waals surface area contributed by atoms with Crippen LogP contribution < -0.4 is 5.32 Å². The second kappa shape index (κ2) is 6.77. The lowest BCUT2D eigenvalue weighted by Gasteiger charge is -2.33. The van der Waals surface area contributed by atoms with E-state index in [0.29, 0.717) is 18.7 Å². The van der Waals surface area contributed by atoms with Crippen molar-refractivity contribution in [3.8, 4) is 0 Å². The number of nitrogens with zero attached hydrogens (tertiary/aromatic N) is 2. The van der Waals surface area contributed by atoms with Crippen LogP contribution in [0.2, 0.25) is 0 Å². The highest BCUT2D eigenvalue weighted by molar-refractivity contribution is 7.90. The van der Waals surface area contributed by atoms with E-state index in [0.717, 1.165) is 17.5 Å². The molecule has 2 heterocycles. The number of hydrogen-bond acceptors (Lipinski definition) is 5. The predicted octanol–water partition coefficient (Wildman–Crippen LogP) is 1.38. The van der Waals surface area contributed by atoms with Gasteiger partial charge in [-0.05, 0) is 36.2 Å². The zero-order chi connectivity index (χ0) is 19.8. The van der Waals surface area contributed by atoms with Crippen LogP contribution in [0.4, 0.5) is 0 Å². The molecule has 1 atom stereocenters. The molecule has 142 valence electrons. The number of fused-ring (bicyclic) bond motifs is 1. The van der Waals surface area contributed by atoms with Gasteiger partial charge in [0, 0.05) is 25.9 Å². The van der Waals surface area contributed by atoms with Crippen LogP contribution in [-0.4, -0.2) is 36.4 Å². The van der Waals surface area contributed by atoms with Crippen LogP contribution >= 0.6 is 0 Å². The predicted molar refractivity (Wildman–Crippen MR) is 99.2 cm³/mol. The number of amides is 2. The Labute approximate surface area is 158 Å². The largest absolute Gasteiger partial charge is 0.339 e. The summed E-state index contributed by atoms with van der Waals surface area (Å²) in [5, 5.41) is 2.73. The third-order valence-corrected chi connectivity index (χ3v) is 5.82. The molecule has 1 unspecified atom stereocenters. The normalized spacial score (nSPS) is 15.7. The molecule has 0 saturated heterocycles. The minimum Gasteiger partial charge on any atom is -0.339 e. The molecule has 7 nitrogen and oxygen atoms in total. The third kappa shape index (κ3) is 3.71. The molecule has 1 aromatic heterocycles. The van der Waals surface area contributed by atoms with E-state index in [1.165, 1.54) is 19.1 Å². The number of rotatable bonds is 4. The fraction of sp³-hybridized carbons (Fsp3) is 0.316. The van der Waals surface area contributed by atoms with Gasteiger partial charge in [-0.25, -0.2) is 8.42 Å². The summed E-state index contributed by atoms with van der Waals surface area (Å²) in [6, 6.07) is 9.75. The molecule has 1 aliphatic rings. The van der Waals surface area contributed by atoms with Crippen LogP contribution in [0.25, 0.3) is 0 Å². The van der Waals surface area contributed by atoms with Crippen LogP contribution in [0, 0.1) is 0 Å². The lowest BCUT2D eigenvalue weighted by Crippen LogP contribution is -2.54. The van der Waals surface area contributed by atoms with E-state index in [4.69, 9.17) is 0 Å². The smallest absolute Gasteiger partial charge is 0.253 e. The molecule has 1 aliphatic heterocycles. The first kappa shape index (κ1) is 19.0. The van der Waals surface area contributed by atoms with Crippen LogP contribution in [0.15, 0.2) is 47.5 Å². The van der Waals surface area contributed by atoms with Crippen LogP contribution in [0.1, 0.15) is 30.7 Å². The second-order valence-electron chi connectivity index (χ2n) is 6.87. The molecule has 0 fully saturated rings. The van der Waals surface area contributed by atoms with Gasteiger partial charge in [-0.15, -0.1) is 0 Å². The number of benzene rings is 1. The maximum absolute atomic E-state index is 13.3. The number of aromatic nitrogens is 1. The molecule has 27 heavy (non-hydrogen) atoms. The molecule has 0 spiro atoms. The molecule has 0 bridgehead atoms. The topological polar surface area (TPSA) is 96.4 Å². The van der Waals surface area contributed by atoms with E-state index in [9.17, 15) is 18.0 Å². The highest BCUT2D eigenvalue weighted by atomic mass is 32.2. The fourth-order valence-electron chi connectivity index (χ4n) is 3.30. The Bertz CT molecular complexity index is 977. The van der Waals surface area contributed by atoms with Crippen LogP contribution in [0.3, 0.4) is 0 Å². The van der Waals surface area contributed by atoms with E-state index < -0.39 is 15.4 Å². The summed E-state index contributed by atoms with van der Waals surface area (Å²) in [6.45, 7) is 3.75. The van der Waals surface area contributed by atoms with Gasteiger partial charge in [-0.1, -0.05) is 18.2 Å². The van der Waals surface area contributed by atoms with Gasteiger partial charge < -0.3 is 10.2 Å². The molecule has 0 aliphatic carbocycles. The van der Waals surface area contributed by atoms with E-state index >= 15 is 0 Å². The molecule has 1 aromatic carbocycles. The SMILES string of the molecule is CC(=O)NC(C)(C(=O)N1Cc2cccnc2C1)c1ccc(S(C)(=O)=O)cc1. The summed E-state index contributed by atoms with van der Waals surface area (Å²) in [4.78, 5) is 31.2. The molecule has 0 saturated carbocycles. The van der Waals surface area contributed by atoms with Crippen LogP contribution in [0.5, 0.6) is 0 Å². The lowest BCUT2D eigenvalue weighted by atomic mass is 9.90. The monoisotopic (exact) mass is 387 g/mol. The van der Waals surface area contributed by atoms with Gasteiger partial charge in [0.05, 0.1) is 17.1 Å². The summed E-state index contributed by atoms with van der Waals surface area (Å²) >= 11 is 0. The zero-order valence-electron chi connectivity index (χ0n) is 15.4. The average molecular weight is 387 g/mol. The first-order valence-corrected chi connectivity index (χ1v) is 10.3. The van der Waals surface area contributed by atoms with Crippen molar-refractivity contribution in [2.45, 2.75) is 37.4 Å². The highest BCUT2D eigenvalue weighted by Crippen LogP contribution is 2.29. The Morgan fingerprint density at radius 2 is 1.81 bits per heavy atom. The standard InChI is InChI=1S/C19H21N3O4S/c1-13(23)21-19(2,15-6-8-16(9-7-15)27(3,25)26)18(24)22-11-14-5-4-10-20-17(14)12-22/h4-10H,11-12H2,1-3H3,(H,21,23). The minimum atomic E-state index is -3.35. The van der Waals surface area contributed by atoms with Gasteiger partial charge in [0.1, 0.15) is 5.54 Å². The molecule has 8 heteroatoms. The molecule has 0 radical (unpaired) electrons. The van der Waals surface area contributed by atoms with Crippen molar-refractivity contribution in [3.63, 3.8) is 0 Å². The molecular formula is C19H21N3O4S. The first-order valence-electron chi connectivity index (χ1n) is 8.43. The first-order chi connectivity index (χ1) is 12.6. The van der Waals surface area contributed by atoms with Gasteiger partial charge in [0.15, 0.2) is 9.84 Å².